The molecule has 1 N–H and O–H groups in total. The molecule has 0 radical (unpaired) electrons. The number of ether oxygens (including phenoxy) is 1. The summed E-state index contributed by atoms with van der Waals surface area (Å²) in [5.41, 5.74) is 0.925. The van der Waals surface area contributed by atoms with Gasteiger partial charge in [-0.3, -0.25) is 0 Å². The van der Waals surface area contributed by atoms with Crippen LogP contribution >= 0.6 is 11.6 Å². The third kappa shape index (κ3) is 2.93. The van der Waals surface area contributed by atoms with Crippen molar-refractivity contribution >= 4 is 17.4 Å². The predicted octanol–water partition coefficient (Wildman–Crippen LogP) is 2.98. The van der Waals surface area contributed by atoms with Crippen LogP contribution in [0.3, 0.4) is 0 Å². The Morgan fingerprint density at radius 1 is 1.33 bits per heavy atom. The van der Waals surface area contributed by atoms with Gasteiger partial charge >= 0.3 is 0 Å². The van der Waals surface area contributed by atoms with Gasteiger partial charge in [0.25, 0.3) is 0 Å². The Labute approximate surface area is 113 Å². The Morgan fingerprint density at radius 3 is 2.67 bits per heavy atom. The summed E-state index contributed by atoms with van der Waals surface area (Å²) in [4.78, 5) is 8.73. The van der Waals surface area contributed by atoms with Gasteiger partial charge in [-0.2, -0.15) is 0 Å². The van der Waals surface area contributed by atoms with Crippen LogP contribution in [0, 0.1) is 6.92 Å². The van der Waals surface area contributed by atoms with E-state index in [1.165, 1.54) is 0 Å². The molecule has 2 rings (SSSR count). The first-order valence-electron chi connectivity index (χ1n) is 6.55. The summed E-state index contributed by atoms with van der Waals surface area (Å²) in [6, 6.07) is 0.441. The van der Waals surface area contributed by atoms with Crippen molar-refractivity contribution in [2.24, 2.45) is 0 Å². The third-order valence-electron chi connectivity index (χ3n) is 3.29. The molecule has 0 spiro atoms. The average Bonchev–Trinajstić information content (AvgIpc) is 2.31. The van der Waals surface area contributed by atoms with Gasteiger partial charge in [0.15, 0.2) is 0 Å². The number of hydrogen-bond acceptors (Lipinski definition) is 4. The lowest BCUT2D eigenvalue weighted by Crippen LogP contribution is -2.41. The standard InChI is InChI=1S/C13H20ClN3O/c1-4-11-16-12(14)8(3)13(17-11)15-9-6-10(7-9)18-5-2/h9-10H,4-7H2,1-3H3,(H,15,16,17). The van der Waals surface area contributed by atoms with Crippen molar-refractivity contribution < 1.29 is 4.74 Å². The van der Waals surface area contributed by atoms with Gasteiger partial charge in [-0.15, -0.1) is 0 Å². The molecule has 1 aliphatic carbocycles. The second kappa shape index (κ2) is 5.85. The molecule has 100 valence electrons. The quantitative estimate of drug-likeness (QED) is 0.835. The minimum Gasteiger partial charge on any atom is -0.378 e. The van der Waals surface area contributed by atoms with Gasteiger partial charge in [-0.1, -0.05) is 18.5 Å². The number of rotatable bonds is 5. The van der Waals surface area contributed by atoms with Crippen LogP contribution < -0.4 is 5.32 Å². The van der Waals surface area contributed by atoms with Crippen molar-refractivity contribution in [3.05, 3.63) is 16.5 Å². The Kier molecular flexibility index (Phi) is 4.40. The molecule has 0 aromatic carbocycles. The number of anilines is 1. The van der Waals surface area contributed by atoms with Crippen LogP contribution in [-0.2, 0) is 11.2 Å². The van der Waals surface area contributed by atoms with Crippen LogP contribution in [0.25, 0.3) is 0 Å². The van der Waals surface area contributed by atoms with E-state index in [1.54, 1.807) is 0 Å². The monoisotopic (exact) mass is 269 g/mol. The molecular formula is C13H20ClN3O. The molecule has 1 aliphatic rings. The number of nitrogens with one attached hydrogen (secondary N) is 1. The van der Waals surface area contributed by atoms with Crippen LogP contribution in [0.5, 0.6) is 0 Å². The van der Waals surface area contributed by atoms with E-state index in [2.05, 4.69) is 15.3 Å². The van der Waals surface area contributed by atoms with Gasteiger partial charge in [-0.25, -0.2) is 9.97 Å². The van der Waals surface area contributed by atoms with Crippen LogP contribution in [0.1, 0.15) is 38.1 Å². The molecule has 1 aromatic rings. The number of halogens is 1. The summed E-state index contributed by atoms with van der Waals surface area (Å²) >= 11 is 6.11. The Morgan fingerprint density at radius 2 is 2.06 bits per heavy atom. The molecule has 5 heteroatoms. The van der Waals surface area contributed by atoms with Crippen LogP contribution in [0.4, 0.5) is 5.82 Å². The predicted molar refractivity (Wildman–Crippen MR) is 73.2 cm³/mol. The second-order valence-corrected chi connectivity index (χ2v) is 5.01. The maximum atomic E-state index is 6.11. The highest BCUT2D eigenvalue weighted by Gasteiger charge is 2.30. The smallest absolute Gasteiger partial charge is 0.137 e. The van der Waals surface area contributed by atoms with Gasteiger partial charge in [0.2, 0.25) is 0 Å². The highest BCUT2D eigenvalue weighted by molar-refractivity contribution is 6.30. The minimum atomic E-state index is 0.399. The lowest BCUT2D eigenvalue weighted by atomic mass is 9.89. The molecule has 0 amide bonds. The maximum absolute atomic E-state index is 6.11. The molecular weight excluding hydrogens is 250 g/mol. The highest BCUT2D eigenvalue weighted by atomic mass is 35.5. The van der Waals surface area contributed by atoms with E-state index in [0.29, 0.717) is 17.3 Å². The molecule has 0 unspecified atom stereocenters. The number of hydrogen-bond donors (Lipinski definition) is 1. The van der Waals surface area contributed by atoms with Crippen LogP contribution in [-0.4, -0.2) is 28.7 Å². The van der Waals surface area contributed by atoms with E-state index >= 15 is 0 Å². The molecule has 0 bridgehead atoms. The lowest BCUT2D eigenvalue weighted by molar-refractivity contribution is 0.00291. The first-order chi connectivity index (χ1) is 8.63. The fourth-order valence-electron chi connectivity index (χ4n) is 2.08. The number of aryl methyl sites for hydroxylation is 1. The van der Waals surface area contributed by atoms with E-state index < -0.39 is 0 Å². The maximum Gasteiger partial charge on any atom is 0.137 e. The molecule has 0 atom stereocenters. The van der Waals surface area contributed by atoms with Crippen molar-refractivity contribution in [1.82, 2.24) is 9.97 Å². The van der Waals surface area contributed by atoms with E-state index in [9.17, 15) is 0 Å². The Bertz CT molecular complexity index is 419. The van der Waals surface area contributed by atoms with Gasteiger partial charge in [0.05, 0.1) is 6.10 Å². The van der Waals surface area contributed by atoms with Crippen molar-refractivity contribution in [2.75, 3.05) is 11.9 Å². The summed E-state index contributed by atoms with van der Waals surface area (Å²) in [7, 11) is 0. The molecule has 1 fully saturated rings. The topological polar surface area (TPSA) is 47.0 Å². The van der Waals surface area contributed by atoms with Crippen molar-refractivity contribution in [3.63, 3.8) is 0 Å². The molecule has 0 aliphatic heterocycles. The zero-order valence-electron chi connectivity index (χ0n) is 11.2. The normalized spacial score (nSPS) is 22.7. The summed E-state index contributed by atoms with van der Waals surface area (Å²) in [6.45, 7) is 6.79. The van der Waals surface area contributed by atoms with E-state index in [-0.39, 0.29) is 0 Å². The van der Waals surface area contributed by atoms with Crippen LogP contribution in [0.2, 0.25) is 5.15 Å². The Hall–Kier alpha value is -0.870. The summed E-state index contributed by atoms with van der Waals surface area (Å²) in [6.07, 6.45) is 3.27. The first kappa shape index (κ1) is 13.6. The SMILES string of the molecule is CCOC1CC(Nc2nc(CC)nc(Cl)c2C)C1. The molecule has 18 heavy (non-hydrogen) atoms. The van der Waals surface area contributed by atoms with E-state index in [4.69, 9.17) is 16.3 Å². The van der Waals surface area contributed by atoms with Gasteiger partial charge < -0.3 is 10.1 Å². The molecule has 1 aromatic heterocycles. The molecule has 1 saturated carbocycles. The largest absolute Gasteiger partial charge is 0.378 e. The highest BCUT2D eigenvalue weighted by Crippen LogP contribution is 2.28. The van der Waals surface area contributed by atoms with Crippen LogP contribution in [0.15, 0.2) is 0 Å². The fourth-order valence-corrected chi connectivity index (χ4v) is 2.27. The molecule has 0 saturated heterocycles. The zero-order valence-corrected chi connectivity index (χ0v) is 11.9. The van der Waals surface area contributed by atoms with Gasteiger partial charge in [0.1, 0.15) is 16.8 Å². The lowest BCUT2D eigenvalue weighted by Gasteiger charge is -2.36. The molecule has 4 nitrogen and oxygen atoms in total. The third-order valence-corrected chi connectivity index (χ3v) is 3.65. The number of aromatic nitrogens is 2. The Balaban J connectivity index is 1.99. The zero-order chi connectivity index (χ0) is 13.1. The number of nitrogens with zero attached hydrogens (tertiary/aromatic N) is 2. The fraction of sp³-hybridized carbons (Fsp3) is 0.692. The first-order valence-corrected chi connectivity index (χ1v) is 6.93. The van der Waals surface area contributed by atoms with Crippen molar-refractivity contribution in [2.45, 2.75) is 52.2 Å². The van der Waals surface area contributed by atoms with E-state index in [0.717, 1.165) is 43.1 Å². The summed E-state index contributed by atoms with van der Waals surface area (Å²) in [5.74, 6) is 1.65. The summed E-state index contributed by atoms with van der Waals surface area (Å²) in [5, 5.41) is 3.98. The van der Waals surface area contributed by atoms with Gasteiger partial charge in [-0.05, 0) is 26.7 Å². The van der Waals surface area contributed by atoms with E-state index in [1.807, 2.05) is 20.8 Å². The average molecular weight is 270 g/mol. The van der Waals surface area contributed by atoms with Crippen molar-refractivity contribution in [3.8, 4) is 0 Å². The summed E-state index contributed by atoms with van der Waals surface area (Å²) < 4.78 is 5.55. The van der Waals surface area contributed by atoms with Crippen molar-refractivity contribution in [1.29, 1.82) is 0 Å². The second-order valence-electron chi connectivity index (χ2n) is 4.65. The molecule has 1 heterocycles. The minimum absolute atomic E-state index is 0.399. The van der Waals surface area contributed by atoms with Gasteiger partial charge in [0, 0.05) is 24.6 Å².